The Hall–Kier alpha value is -1.02. The van der Waals surface area contributed by atoms with Gasteiger partial charge in [0, 0.05) is 18.8 Å². The van der Waals surface area contributed by atoms with Gasteiger partial charge in [-0.2, -0.15) is 0 Å². The molecule has 0 aromatic heterocycles. The lowest BCUT2D eigenvalue weighted by atomic mass is 9.93. The lowest BCUT2D eigenvalue weighted by Crippen LogP contribution is -2.22. The summed E-state index contributed by atoms with van der Waals surface area (Å²) in [5.41, 5.74) is 2.74. The van der Waals surface area contributed by atoms with Crippen molar-refractivity contribution in [3.05, 3.63) is 29.8 Å². The van der Waals surface area contributed by atoms with Crippen LogP contribution in [0.5, 0.6) is 0 Å². The van der Waals surface area contributed by atoms with Crippen molar-refractivity contribution >= 4 is 5.69 Å². The van der Waals surface area contributed by atoms with Crippen LogP contribution in [-0.2, 0) is 0 Å². The van der Waals surface area contributed by atoms with Crippen LogP contribution in [0.3, 0.4) is 0 Å². The molecular weight excluding hydrogens is 210 g/mol. The molecule has 1 aliphatic rings. The van der Waals surface area contributed by atoms with E-state index in [1.54, 1.807) is 0 Å². The highest BCUT2D eigenvalue weighted by molar-refractivity contribution is 5.49. The highest BCUT2D eigenvalue weighted by Gasteiger charge is 2.29. The molecule has 1 heterocycles. The lowest BCUT2D eigenvalue weighted by molar-refractivity contribution is 0.173. The Morgan fingerprint density at radius 1 is 1.29 bits per heavy atom. The molecule has 1 aromatic carbocycles. The van der Waals surface area contributed by atoms with E-state index in [1.807, 2.05) is 6.92 Å². The Bertz CT molecular complexity index is 369. The van der Waals surface area contributed by atoms with Crippen molar-refractivity contribution in [1.29, 1.82) is 0 Å². The van der Waals surface area contributed by atoms with Gasteiger partial charge in [-0.25, -0.2) is 0 Å². The summed E-state index contributed by atoms with van der Waals surface area (Å²) in [6.07, 6.45) is 1.71. The van der Waals surface area contributed by atoms with Crippen molar-refractivity contribution in [1.82, 2.24) is 0 Å². The second-order valence-electron chi connectivity index (χ2n) is 5.85. The van der Waals surface area contributed by atoms with E-state index >= 15 is 0 Å². The van der Waals surface area contributed by atoms with E-state index < -0.39 is 0 Å². The Morgan fingerprint density at radius 2 is 1.94 bits per heavy atom. The minimum absolute atomic E-state index is 0.320. The van der Waals surface area contributed by atoms with Crippen molar-refractivity contribution in [3.8, 4) is 0 Å². The molecule has 2 rings (SSSR count). The van der Waals surface area contributed by atoms with Crippen LogP contribution in [0.15, 0.2) is 24.3 Å². The summed E-state index contributed by atoms with van der Waals surface area (Å²) in [6, 6.07) is 8.37. The maximum absolute atomic E-state index is 9.75. The molecule has 1 unspecified atom stereocenters. The number of hydrogen-bond acceptors (Lipinski definition) is 2. The van der Waals surface area contributed by atoms with Crippen LogP contribution in [0.4, 0.5) is 5.69 Å². The Morgan fingerprint density at radius 3 is 2.41 bits per heavy atom. The van der Waals surface area contributed by atoms with Crippen LogP contribution < -0.4 is 4.90 Å². The number of aliphatic hydroxyl groups excluding tert-OH is 1. The molecular formula is C15H23NO. The molecule has 0 saturated carbocycles. The quantitative estimate of drug-likeness (QED) is 0.865. The Labute approximate surface area is 104 Å². The van der Waals surface area contributed by atoms with Crippen LogP contribution in [0, 0.1) is 5.41 Å². The van der Waals surface area contributed by atoms with E-state index in [-0.39, 0.29) is 6.10 Å². The van der Waals surface area contributed by atoms with E-state index in [4.69, 9.17) is 0 Å². The van der Waals surface area contributed by atoms with Crippen molar-refractivity contribution in [2.24, 2.45) is 5.41 Å². The first kappa shape index (κ1) is 12.4. The minimum atomic E-state index is -0.320. The van der Waals surface area contributed by atoms with Crippen molar-refractivity contribution < 1.29 is 5.11 Å². The predicted octanol–water partition coefficient (Wildman–Crippen LogP) is 3.37. The molecule has 1 fully saturated rings. The molecule has 0 aliphatic carbocycles. The van der Waals surface area contributed by atoms with Gasteiger partial charge in [-0.05, 0) is 36.0 Å². The molecule has 1 N–H and O–H groups in total. The van der Waals surface area contributed by atoms with Crippen LogP contribution in [-0.4, -0.2) is 18.2 Å². The first-order chi connectivity index (χ1) is 8.02. The highest BCUT2D eigenvalue weighted by atomic mass is 16.3. The number of rotatable bonds is 3. The number of anilines is 1. The van der Waals surface area contributed by atoms with Gasteiger partial charge in [0.2, 0.25) is 0 Å². The molecule has 0 bridgehead atoms. The number of hydrogen-bond donors (Lipinski definition) is 1. The fraction of sp³-hybridized carbons (Fsp3) is 0.600. The molecule has 2 nitrogen and oxygen atoms in total. The average Bonchev–Trinajstić information content (AvgIpc) is 2.69. The molecule has 94 valence electrons. The standard InChI is InChI=1S/C15H23NO/c1-4-14(17)12-5-7-13(8-6-12)16-10-9-15(2,3)11-16/h5-8,14,17H,4,9-11H2,1-3H3. The van der Waals surface area contributed by atoms with E-state index in [0.717, 1.165) is 25.1 Å². The molecule has 2 heteroatoms. The summed E-state index contributed by atoms with van der Waals surface area (Å²) in [5.74, 6) is 0. The normalized spacial score (nSPS) is 20.6. The van der Waals surface area contributed by atoms with Gasteiger partial charge in [0.15, 0.2) is 0 Å². The highest BCUT2D eigenvalue weighted by Crippen LogP contribution is 2.32. The fourth-order valence-corrected chi connectivity index (χ4v) is 2.48. The SMILES string of the molecule is CCC(O)c1ccc(N2CCC(C)(C)C2)cc1. The summed E-state index contributed by atoms with van der Waals surface area (Å²) in [4.78, 5) is 2.43. The van der Waals surface area contributed by atoms with Gasteiger partial charge in [-0.15, -0.1) is 0 Å². The fourth-order valence-electron chi connectivity index (χ4n) is 2.48. The molecule has 0 radical (unpaired) electrons. The molecule has 1 atom stereocenters. The van der Waals surface area contributed by atoms with E-state index in [0.29, 0.717) is 5.41 Å². The zero-order valence-electron chi connectivity index (χ0n) is 11.1. The number of aliphatic hydroxyl groups is 1. The molecule has 1 aromatic rings. The number of benzene rings is 1. The van der Waals surface area contributed by atoms with Gasteiger partial charge in [0.05, 0.1) is 6.10 Å². The third-order valence-electron chi connectivity index (χ3n) is 3.71. The van der Waals surface area contributed by atoms with Crippen LogP contribution >= 0.6 is 0 Å². The van der Waals surface area contributed by atoms with Crippen molar-refractivity contribution in [2.75, 3.05) is 18.0 Å². The van der Waals surface area contributed by atoms with Crippen molar-refractivity contribution in [3.63, 3.8) is 0 Å². The second-order valence-corrected chi connectivity index (χ2v) is 5.85. The Kier molecular flexibility index (Phi) is 3.43. The second kappa shape index (κ2) is 4.69. The van der Waals surface area contributed by atoms with Gasteiger partial charge in [-0.3, -0.25) is 0 Å². The molecule has 0 spiro atoms. The van der Waals surface area contributed by atoms with E-state index in [1.165, 1.54) is 12.1 Å². The smallest absolute Gasteiger partial charge is 0.0787 e. The topological polar surface area (TPSA) is 23.5 Å². The number of nitrogens with zero attached hydrogens (tertiary/aromatic N) is 1. The van der Waals surface area contributed by atoms with Gasteiger partial charge in [0.25, 0.3) is 0 Å². The average molecular weight is 233 g/mol. The lowest BCUT2D eigenvalue weighted by Gasteiger charge is -2.22. The first-order valence-corrected chi connectivity index (χ1v) is 6.55. The zero-order chi connectivity index (χ0) is 12.5. The van der Waals surface area contributed by atoms with E-state index in [2.05, 4.69) is 43.0 Å². The monoisotopic (exact) mass is 233 g/mol. The summed E-state index contributed by atoms with van der Waals surface area (Å²) >= 11 is 0. The zero-order valence-corrected chi connectivity index (χ0v) is 11.1. The summed E-state index contributed by atoms with van der Waals surface area (Å²) in [7, 11) is 0. The third-order valence-corrected chi connectivity index (χ3v) is 3.71. The van der Waals surface area contributed by atoms with Crippen LogP contribution in [0.1, 0.15) is 45.3 Å². The van der Waals surface area contributed by atoms with Crippen LogP contribution in [0.25, 0.3) is 0 Å². The molecule has 1 aliphatic heterocycles. The maximum Gasteiger partial charge on any atom is 0.0787 e. The van der Waals surface area contributed by atoms with Gasteiger partial charge in [-0.1, -0.05) is 32.9 Å². The summed E-state index contributed by atoms with van der Waals surface area (Å²) < 4.78 is 0. The summed E-state index contributed by atoms with van der Waals surface area (Å²) in [6.45, 7) is 8.91. The van der Waals surface area contributed by atoms with Gasteiger partial charge < -0.3 is 10.0 Å². The molecule has 0 amide bonds. The summed E-state index contributed by atoms with van der Waals surface area (Å²) in [5, 5.41) is 9.75. The molecule has 1 saturated heterocycles. The van der Waals surface area contributed by atoms with Gasteiger partial charge >= 0.3 is 0 Å². The minimum Gasteiger partial charge on any atom is -0.388 e. The first-order valence-electron chi connectivity index (χ1n) is 6.55. The van der Waals surface area contributed by atoms with Crippen LogP contribution in [0.2, 0.25) is 0 Å². The third kappa shape index (κ3) is 2.81. The molecule has 17 heavy (non-hydrogen) atoms. The Balaban J connectivity index is 2.09. The van der Waals surface area contributed by atoms with Crippen molar-refractivity contribution in [2.45, 2.75) is 39.7 Å². The van der Waals surface area contributed by atoms with E-state index in [9.17, 15) is 5.11 Å². The largest absolute Gasteiger partial charge is 0.388 e. The van der Waals surface area contributed by atoms with Gasteiger partial charge in [0.1, 0.15) is 0 Å². The maximum atomic E-state index is 9.75. The predicted molar refractivity (Wildman–Crippen MR) is 72.3 cm³/mol.